The third-order valence-electron chi connectivity index (χ3n) is 8.12. The average molecular weight is 656 g/mol. The molecule has 1 saturated heterocycles. The van der Waals surface area contributed by atoms with Crippen molar-refractivity contribution in [2.24, 2.45) is 5.92 Å². The molecule has 258 valence electrons. The van der Waals surface area contributed by atoms with Gasteiger partial charge in [-0.3, -0.25) is 23.4 Å². The molecule has 2 aromatic rings. The van der Waals surface area contributed by atoms with E-state index >= 15 is 0 Å². The predicted molar refractivity (Wildman–Crippen MR) is 177 cm³/mol. The van der Waals surface area contributed by atoms with Gasteiger partial charge in [-0.15, -0.1) is 0 Å². The number of phosphoric acid groups is 1. The zero-order chi connectivity index (χ0) is 32.8. The lowest BCUT2D eigenvalue weighted by atomic mass is 10.0. The second-order valence-corrected chi connectivity index (χ2v) is 14.5. The van der Waals surface area contributed by atoms with E-state index in [1.165, 1.54) is 77.0 Å². The van der Waals surface area contributed by atoms with Crippen molar-refractivity contribution in [2.75, 3.05) is 12.3 Å². The highest BCUT2D eigenvalue weighted by Crippen LogP contribution is 2.50. The number of aromatic amines is 1. The fourth-order valence-electron chi connectivity index (χ4n) is 5.98. The van der Waals surface area contributed by atoms with Gasteiger partial charge in [-0.05, 0) is 32.6 Å². The number of nitrogens with zero attached hydrogens (tertiary/aromatic N) is 3. The van der Waals surface area contributed by atoms with Crippen molar-refractivity contribution in [2.45, 2.75) is 162 Å². The van der Waals surface area contributed by atoms with Crippen LogP contribution in [-0.2, 0) is 23.1 Å². The van der Waals surface area contributed by atoms with Crippen LogP contribution in [0.3, 0.4) is 0 Å². The lowest BCUT2D eigenvalue weighted by Crippen LogP contribution is -2.37. The molecule has 1 aliphatic heterocycles. The van der Waals surface area contributed by atoms with Gasteiger partial charge in [-0.1, -0.05) is 104 Å². The molecule has 0 radical (unpaired) electrons. The second-order valence-electron chi connectivity index (χ2n) is 13.1. The summed E-state index contributed by atoms with van der Waals surface area (Å²) < 4.78 is 38.4. The maximum absolute atomic E-state index is 13.0. The Morgan fingerprint density at radius 2 is 1.56 bits per heavy atom. The summed E-state index contributed by atoms with van der Waals surface area (Å²) in [6.45, 7) is 10.1. The monoisotopic (exact) mass is 655 g/mol. The molecule has 2 unspecified atom stereocenters. The molecule has 5 atom stereocenters. The van der Waals surface area contributed by atoms with Crippen LogP contribution in [0.1, 0.15) is 137 Å². The number of unbranched alkanes of at least 4 members (excludes halogenated alkanes) is 13. The van der Waals surface area contributed by atoms with Gasteiger partial charge in [0.1, 0.15) is 12.2 Å². The van der Waals surface area contributed by atoms with Gasteiger partial charge in [0.2, 0.25) is 5.95 Å². The number of phosphoric ester groups is 1. The Hall–Kier alpha value is -1.82. The van der Waals surface area contributed by atoms with Crippen LogP contribution in [0.2, 0.25) is 0 Å². The molecule has 45 heavy (non-hydrogen) atoms. The number of imidazole rings is 1. The average Bonchev–Trinajstić information content (AvgIpc) is 3.50. The molecular weight excluding hydrogens is 597 g/mol. The number of hydrogen-bond acceptors (Lipinski definition) is 9. The van der Waals surface area contributed by atoms with Crippen LogP contribution in [0.15, 0.2) is 11.1 Å². The number of ether oxygens (including phenoxy) is 2. The van der Waals surface area contributed by atoms with E-state index in [1.807, 2.05) is 13.8 Å². The lowest BCUT2D eigenvalue weighted by Gasteiger charge is -2.27. The molecule has 4 N–H and O–H groups in total. The van der Waals surface area contributed by atoms with E-state index in [4.69, 9.17) is 24.3 Å². The van der Waals surface area contributed by atoms with Gasteiger partial charge >= 0.3 is 7.82 Å². The minimum atomic E-state index is -4.43. The number of anilines is 1. The Balaban J connectivity index is 1.60. The van der Waals surface area contributed by atoms with Crippen LogP contribution in [-0.4, -0.2) is 55.4 Å². The molecule has 0 aromatic carbocycles. The number of nitrogens with two attached hydrogens (primary N) is 1. The van der Waals surface area contributed by atoms with Crippen molar-refractivity contribution in [3.63, 3.8) is 0 Å². The van der Waals surface area contributed by atoms with E-state index < -0.39 is 44.0 Å². The first-order valence-corrected chi connectivity index (χ1v) is 18.7. The number of nitrogen functional groups attached to an aromatic ring is 1. The number of fused-ring (bicyclic) bond motifs is 1. The summed E-state index contributed by atoms with van der Waals surface area (Å²) in [6, 6.07) is 0. The quantitative estimate of drug-likeness (QED) is 0.0810. The molecule has 3 heterocycles. The topological polar surface area (TPSA) is 164 Å². The van der Waals surface area contributed by atoms with Crippen LogP contribution in [0.5, 0.6) is 0 Å². The highest BCUT2D eigenvalue weighted by atomic mass is 31.2. The van der Waals surface area contributed by atoms with Gasteiger partial charge in [0.25, 0.3) is 5.56 Å². The fraction of sp³-hybridized carbons (Fsp3) is 0.844. The Labute approximate surface area is 268 Å². The summed E-state index contributed by atoms with van der Waals surface area (Å²) in [4.78, 5) is 34.0. The number of nitrogens with one attached hydrogen (secondary N) is 1. The molecule has 0 saturated carbocycles. The molecule has 12 nitrogen and oxygen atoms in total. The summed E-state index contributed by atoms with van der Waals surface area (Å²) in [6.07, 6.45) is 16.0. The van der Waals surface area contributed by atoms with E-state index in [0.29, 0.717) is 13.0 Å². The number of H-pyrrole nitrogens is 1. The summed E-state index contributed by atoms with van der Waals surface area (Å²) in [5.74, 6) is 0.149. The van der Waals surface area contributed by atoms with Gasteiger partial charge in [0.15, 0.2) is 17.4 Å². The molecular formula is C32H58N5O7P. The minimum Gasteiger partial charge on any atom is -0.371 e. The molecule has 1 aliphatic rings. The van der Waals surface area contributed by atoms with Crippen molar-refractivity contribution in [3.05, 3.63) is 16.7 Å². The van der Waals surface area contributed by atoms with Crippen LogP contribution >= 0.6 is 7.82 Å². The van der Waals surface area contributed by atoms with Crippen molar-refractivity contribution in [1.82, 2.24) is 19.5 Å². The van der Waals surface area contributed by atoms with Gasteiger partial charge in [-0.25, -0.2) is 9.55 Å². The van der Waals surface area contributed by atoms with E-state index in [0.717, 1.165) is 19.3 Å². The molecule has 0 spiro atoms. The second kappa shape index (κ2) is 19.1. The van der Waals surface area contributed by atoms with Gasteiger partial charge in [0.05, 0.1) is 18.5 Å². The molecule has 0 bridgehead atoms. The van der Waals surface area contributed by atoms with Crippen molar-refractivity contribution in [3.8, 4) is 0 Å². The molecule has 0 amide bonds. The zero-order valence-corrected chi connectivity index (χ0v) is 29.0. The molecule has 3 rings (SSSR count). The fourth-order valence-corrected chi connectivity index (χ4v) is 7.13. The van der Waals surface area contributed by atoms with Crippen LogP contribution < -0.4 is 11.3 Å². The number of rotatable bonds is 23. The smallest absolute Gasteiger partial charge is 0.371 e. The van der Waals surface area contributed by atoms with Gasteiger partial charge in [0, 0.05) is 6.61 Å². The first-order valence-electron chi connectivity index (χ1n) is 17.2. The Morgan fingerprint density at radius 1 is 0.978 bits per heavy atom. The Kier molecular flexibility index (Phi) is 16.0. The van der Waals surface area contributed by atoms with Crippen molar-refractivity contribution < 1.29 is 28.0 Å². The van der Waals surface area contributed by atoms with Crippen LogP contribution in [0, 0.1) is 5.92 Å². The van der Waals surface area contributed by atoms with E-state index in [1.54, 1.807) is 18.4 Å². The van der Waals surface area contributed by atoms with Crippen molar-refractivity contribution in [1.29, 1.82) is 0 Å². The van der Waals surface area contributed by atoms with Gasteiger partial charge in [-0.2, -0.15) is 4.98 Å². The summed E-state index contributed by atoms with van der Waals surface area (Å²) in [7, 11) is -4.43. The van der Waals surface area contributed by atoms with E-state index in [9.17, 15) is 14.3 Å². The minimum absolute atomic E-state index is 0.0520. The van der Waals surface area contributed by atoms with Gasteiger partial charge < -0.3 is 20.1 Å². The van der Waals surface area contributed by atoms with Crippen molar-refractivity contribution >= 4 is 24.9 Å². The summed E-state index contributed by atoms with van der Waals surface area (Å²) in [5, 5.41) is 0. The standard InChI is InChI=1S/C32H58N5O7P/c1-6-7-8-9-10-11-12-13-14-15-16-17-18-19-20-41-28-27(44-45(39,40)43-24(4)5)25(21-23(2)3)42-31(28)37-22-34-26-29(37)35-32(33)36-30(26)38/h22-25,27-28,31H,6-21H2,1-5H3,(H,39,40)(H3,33,35,36,38)/t25-,27?,28+,31-/m1/s1. The van der Waals surface area contributed by atoms with Crippen LogP contribution in [0.25, 0.3) is 11.2 Å². The normalized spacial score (nSPS) is 21.8. The van der Waals surface area contributed by atoms with Crippen LogP contribution in [0.4, 0.5) is 5.95 Å². The third-order valence-corrected chi connectivity index (χ3v) is 9.32. The molecule has 1 fully saturated rings. The highest BCUT2D eigenvalue weighted by molar-refractivity contribution is 7.47. The maximum Gasteiger partial charge on any atom is 0.472 e. The predicted octanol–water partition coefficient (Wildman–Crippen LogP) is 7.42. The largest absolute Gasteiger partial charge is 0.472 e. The molecule has 2 aromatic heterocycles. The first-order chi connectivity index (χ1) is 21.5. The molecule has 13 heteroatoms. The summed E-state index contributed by atoms with van der Waals surface area (Å²) >= 11 is 0. The maximum atomic E-state index is 13.0. The zero-order valence-electron chi connectivity index (χ0n) is 28.1. The van der Waals surface area contributed by atoms with E-state index in [2.05, 4.69) is 21.9 Å². The summed E-state index contributed by atoms with van der Waals surface area (Å²) in [5.41, 5.74) is 5.72. The highest BCUT2D eigenvalue weighted by Gasteiger charge is 2.51. The lowest BCUT2D eigenvalue weighted by molar-refractivity contribution is -0.0688. The Morgan fingerprint density at radius 3 is 2.11 bits per heavy atom. The van der Waals surface area contributed by atoms with E-state index in [-0.39, 0.29) is 23.0 Å². The molecule has 0 aliphatic carbocycles. The number of aromatic nitrogens is 4. The SMILES string of the molecule is CCCCCCCCCCCCCCCCO[C@H]1C(OP(=O)(O)OC(C)C)[C@@H](CC(C)C)O[C@H]1n1cnc2c(=O)[nH]c(N)nc21. The first kappa shape index (κ1) is 37.6. The Bertz CT molecular complexity index is 1240. The third kappa shape index (κ3) is 12.4. The number of hydrogen-bond donors (Lipinski definition) is 3.